The topological polar surface area (TPSA) is 75.3 Å². The van der Waals surface area contributed by atoms with Crippen molar-refractivity contribution in [3.05, 3.63) is 95.6 Å². The van der Waals surface area contributed by atoms with Crippen LogP contribution in [0.4, 0.5) is 14.5 Å². The lowest BCUT2D eigenvalue weighted by molar-refractivity contribution is 0.0954. The Morgan fingerprint density at radius 1 is 0.897 bits per heavy atom. The van der Waals surface area contributed by atoms with Gasteiger partial charge < -0.3 is 5.32 Å². The number of para-hydroxylation sites is 1. The third-order valence-electron chi connectivity index (χ3n) is 4.14. The van der Waals surface area contributed by atoms with Crippen molar-refractivity contribution < 1.29 is 22.0 Å². The van der Waals surface area contributed by atoms with E-state index in [1.807, 2.05) is 0 Å². The smallest absolute Gasteiger partial charge is 0.262 e. The summed E-state index contributed by atoms with van der Waals surface area (Å²) in [5.74, 6) is -1.49. The summed E-state index contributed by atoms with van der Waals surface area (Å²) in [6.45, 7) is 0.301. The molecule has 0 heterocycles. The van der Waals surface area contributed by atoms with Gasteiger partial charge in [-0.1, -0.05) is 30.3 Å². The molecule has 29 heavy (non-hydrogen) atoms. The lowest BCUT2D eigenvalue weighted by atomic mass is 10.1. The minimum absolute atomic E-state index is 0.153. The maximum absolute atomic E-state index is 13.7. The van der Waals surface area contributed by atoms with Crippen LogP contribution in [0.3, 0.4) is 0 Å². The van der Waals surface area contributed by atoms with Crippen LogP contribution in [0.2, 0.25) is 0 Å². The zero-order valence-electron chi connectivity index (χ0n) is 15.2. The van der Waals surface area contributed by atoms with Crippen molar-refractivity contribution in [1.29, 1.82) is 0 Å². The molecule has 0 aromatic heterocycles. The van der Waals surface area contributed by atoms with E-state index in [0.717, 1.165) is 11.6 Å². The van der Waals surface area contributed by atoms with E-state index in [2.05, 4.69) is 10.0 Å². The highest BCUT2D eigenvalue weighted by molar-refractivity contribution is 7.92. The number of rotatable bonds is 7. The molecule has 0 aliphatic rings. The molecule has 3 rings (SSSR count). The second-order valence-corrected chi connectivity index (χ2v) is 7.93. The van der Waals surface area contributed by atoms with Gasteiger partial charge in [0.2, 0.25) is 0 Å². The summed E-state index contributed by atoms with van der Waals surface area (Å²) in [4.78, 5) is 12.2. The van der Waals surface area contributed by atoms with Crippen LogP contribution in [0.5, 0.6) is 0 Å². The molecule has 2 N–H and O–H groups in total. The number of hydrogen-bond donors (Lipinski definition) is 2. The predicted octanol–water partition coefficient (Wildman–Crippen LogP) is 3.74. The van der Waals surface area contributed by atoms with Crippen molar-refractivity contribution >= 4 is 21.6 Å². The van der Waals surface area contributed by atoms with Crippen LogP contribution in [0, 0.1) is 11.6 Å². The molecule has 0 fully saturated rings. The van der Waals surface area contributed by atoms with E-state index >= 15 is 0 Å². The van der Waals surface area contributed by atoms with Gasteiger partial charge in [0.05, 0.1) is 10.6 Å². The summed E-state index contributed by atoms with van der Waals surface area (Å²) in [6, 6.07) is 16.8. The fourth-order valence-electron chi connectivity index (χ4n) is 2.63. The number of sulfonamides is 1. The summed E-state index contributed by atoms with van der Waals surface area (Å²) in [5, 5.41) is 2.69. The Bertz CT molecular complexity index is 1120. The van der Waals surface area contributed by atoms with E-state index in [9.17, 15) is 22.0 Å². The van der Waals surface area contributed by atoms with Crippen molar-refractivity contribution in [1.82, 2.24) is 5.32 Å². The molecule has 0 aliphatic heterocycles. The number of hydrogen-bond acceptors (Lipinski definition) is 3. The molecule has 3 aromatic rings. The molecule has 0 unspecified atom stereocenters. The lowest BCUT2D eigenvalue weighted by Gasteiger charge is -2.10. The molecule has 150 valence electrons. The molecule has 0 radical (unpaired) electrons. The van der Waals surface area contributed by atoms with Gasteiger partial charge in [0.15, 0.2) is 0 Å². The Morgan fingerprint density at radius 3 is 2.34 bits per heavy atom. The molecule has 0 aliphatic carbocycles. The first-order chi connectivity index (χ1) is 13.8. The van der Waals surface area contributed by atoms with Crippen LogP contribution in [0.1, 0.15) is 15.9 Å². The summed E-state index contributed by atoms with van der Waals surface area (Å²) >= 11 is 0. The Morgan fingerprint density at radius 2 is 1.62 bits per heavy atom. The molecule has 0 saturated carbocycles. The summed E-state index contributed by atoms with van der Waals surface area (Å²) in [7, 11) is -4.06. The molecule has 0 atom stereocenters. The predicted molar refractivity (Wildman–Crippen MR) is 106 cm³/mol. The lowest BCUT2D eigenvalue weighted by Crippen LogP contribution is -2.26. The van der Waals surface area contributed by atoms with Gasteiger partial charge in [-0.3, -0.25) is 9.52 Å². The van der Waals surface area contributed by atoms with Crippen LogP contribution in [0.25, 0.3) is 0 Å². The largest absolute Gasteiger partial charge is 0.352 e. The summed E-state index contributed by atoms with van der Waals surface area (Å²) in [6.07, 6.45) is 0.499. The van der Waals surface area contributed by atoms with Gasteiger partial charge in [0.1, 0.15) is 11.6 Å². The standard InChI is InChI=1S/C21H18F2N2O3S/c22-17-10-8-15(9-11-17)12-13-24-21(26)16-4-3-5-18(14-16)29(27,28)25-20-7-2-1-6-19(20)23/h1-11,14,25H,12-13H2,(H,24,26). The van der Waals surface area contributed by atoms with Crippen LogP contribution in [-0.2, 0) is 16.4 Å². The molecule has 0 spiro atoms. The highest BCUT2D eigenvalue weighted by Gasteiger charge is 2.18. The zero-order chi connectivity index (χ0) is 20.9. The average molecular weight is 416 g/mol. The minimum atomic E-state index is -4.06. The quantitative estimate of drug-likeness (QED) is 0.616. The molecule has 3 aromatic carbocycles. The van der Waals surface area contributed by atoms with Crippen LogP contribution in [-0.4, -0.2) is 20.9 Å². The number of nitrogens with one attached hydrogen (secondary N) is 2. The van der Waals surface area contributed by atoms with Crippen LogP contribution < -0.4 is 10.0 Å². The fraction of sp³-hybridized carbons (Fsp3) is 0.0952. The number of carbonyl (C=O) groups is 1. The van der Waals surface area contributed by atoms with Crippen LogP contribution in [0.15, 0.2) is 77.7 Å². The molecule has 1 amide bonds. The zero-order valence-corrected chi connectivity index (χ0v) is 16.0. The first-order valence-electron chi connectivity index (χ1n) is 8.75. The van der Waals surface area contributed by atoms with E-state index in [4.69, 9.17) is 0 Å². The van der Waals surface area contributed by atoms with Crippen molar-refractivity contribution in [3.8, 4) is 0 Å². The van der Waals surface area contributed by atoms with E-state index in [1.165, 1.54) is 54.6 Å². The maximum Gasteiger partial charge on any atom is 0.262 e. The molecule has 8 heteroatoms. The van der Waals surface area contributed by atoms with E-state index in [1.54, 1.807) is 12.1 Å². The summed E-state index contributed by atoms with van der Waals surface area (Å²) in [5.41, 5.74) is 0.833. The minimum Gasteiger partial charge on any atom is -0.352 e. The van der Waals surface area contributed by atoms with Gasteiger partial charge in [-0.15, -0.1) is 0 Å². The molecular formula is C21H18F2N2O3S. The first-order valence-corrected chi connectivity index (χ1v) is 10.2. The van der Waals surface area contributed by atoms with Crippen molar-refractivity contribution in [2.45, 2.75) is 11.3 Å². The number of carbonyl (C=O) groups excluding carboxylic acids is 1. The SMILES string of the molecule is O=C(NCCc1ccc(F)cc1)c1cccc(S(=O)(=O)Nc2ccccc2F)c1. The highest BCUT2D eigenvalue weighted by Crippen LogP contribution is 2.19. The maximum atomic E-state index is 13.7. The monoisotopic (exact) mass is 416 g/mol. The first kappa shape index (κ1) is 20.5. The number of halogens is 2. The molecular weight excluding hydrogens is 398 g/mol. The van der Waals surface area contributed by atoms with Gasteiger partial charge in [-0.05, 0) is 54.4 Å². The van der Waals surface area contributed by atoms with Gasteiger partial charge in [0.25, 0.3) is 15.9 Å². The van der Waals surface area contributed by atoms with Gasteiger partial charge >= 0.3 is 0 Å². The molecule has 0 saturated heterocycles. The van der Waals surface area contributed by atoms with Gasteiger partial charge in [-0.25, -0.2) is 17.2 Å². The van der Waals surface area contributed by atoms with Gasteiger partial charge in [-0.2, -0.15) is 0 Å². The molecule has 0 bridgehead atoms. The van der Waals surface area contributed by atoms with Crippen LogP contribution >= 0.6 is 0 Å². The Balaban J connectivity index is 1.67. The second kappa shape index (κ2) is 8.83. The average Bonchev–Trinajstić information content (AvgIpc) is 2.71. The number of benzene rings is 3. The third kappa shape index (κ3) is 5.39. The normalized spacial score (nSPS) is 11.1. The second-order valence-electron chi connectivity index (χ2n) is 6.25. The molecule has 5 nitrogen and oxygen atoms in total. The van der Waals surface area contributed by atoms with Crippen molar-refractivity contribution in [2.24, 2.45) is 0 Å². The number of anilines is 1. The van der Waals surface area contributed by atoms with E-state index in [0.29, 0.717) is 13.0 Å². The van der Waals surface area contributed by atoms with Crippen molar-refractivity contribution in [2.75, 3.05) is 11.3 Å². The Kier molecular flexibility index (Phi) is 6.23. The van der Waals surface area contributed by atoms with E-state index < -0.39 is 21.7 Å². The highest BCUT2D eigenvalue weighted by atomic mass is 32.2. The fourth-order valence-corrected chi connectivity index (χ4v) is 3.74. The Hall–Kier alpha value is -3.26. The van der Waals surface area contributed by atoms with Gasteiger partial charge in [0, 0.05) is 12.1 Å². The number of amides is 1. The summed E-state index contributed by atoms with van der Waals surface area (Å²) < 4.78 is 53.8. The van der Waals surface area contributed by atoms with Crippen molar-refractivity contribution in [3.63, 3.8) is 0 Å². The Labute approximate surface area is 167 Å². The third-order valence-corrected chi connectivity index (χ3v) is 5.50. The van der Waals surface area contributed by atoms with E-state index in [-0.39, 0.29) is 22.0 Å².